The molecule has 0 radical (unpaired) electrons. The Morgan fingerprint density at radius 2 is 2.04 bits per heavy atom. The van der Waals surface area contributed by atoms with Crippen LogP contribution in [0, 0.1) is 0 Å². The standard InChI is InChI=1S/C17H23N5O2/c1-10(18)15(23)22-17-20-13-8-7-11(9-14(13)21-17)16(24)19-12-5-3-2-4-6-12/h7-10,12H,2-6,18H2,1H3,(H,19,24)(H2,20,21,22,23). The molecule has 7 nitrogen and oxygen atoms in total. The first-order valence-corrected chi connectivity index (χ1v) is 8.40. The van der Waals surface area contributed by atoms with E-state index >= 15 is 0 Å². The van der Waals surface area contributed by atoms with Gasteiger partial charge < -0.3 is 16.0 Å². The van der Waals surface area contributed by atoms with Crippen LogP contribution in [0.5, 0.6) is 0 Å². The lowest BCUT2D eigenvalue weighted by Gasteiger charge is -2.22. The molecule has 0 saturated heterocycles. The average Bonchev–Trinajstić information content (AvgIpc) is 2.96. The average molecular weight is 329 g/mol. The summed E-state index contributed by atoms with van der Waals surface area (Å²) in [5, 5.41) is 5.70. The molecule has 2 amide bonds. The number of hydrogen-bond acceptors (Lipinski definition) is 4. The predicted molar refractivity (Wildman–Crippen MR) is 92.7 cm³/mol. The number of imidazole rings is 1. The molecule has 1 aliphatic rings. The number of aromatic nitrogens is 2. The van der Waals surface area contributed by atoms with Gasteiger partial charge in [0, 0.05) is 11.6 Å². The van der Waals surface area contributed by atoms with Gasteiger partial charge in [-0.15, -0.1) is 0 Å². The molecule has 5 N–H and O–H groups in total. The number of H-pyrrole nitrogens is 1. The number of carbonyl (C=O) groups is 2. The molecular formula is C17H23N5O2. The number of amides is 2. The summed E-state index contributed by atoms with van der Waals surface area (Å²) in [7, 11) is 0. The molecule has 7 heteroatoms. The third-order valence-corrected chi connectivity index (χ3v) is 4.34. The second-order valence-electron chi connectivity index (χ2n) is 6.40. The van der Waals surface area contributed by atoms with Gasteiger partial charge in [0.05, 0.1) is 17.1 Å². The van der Waals surface area contributed by atoms with Crippen LogP contribution in [0.2, 0.25) is 0 Å². The fourth-order valence-corrected chi connectivity index (χ4v) is 2.95. The number of rotatable bonds is 4. The Labute approximate surface area is 140 Å². The van der Waals surface area contributed by atoms with Gasteiger partial charge >= 0.3 is 0 Å². The fourth-order valence-electron chi connectivity index (χ4n) is 2.95. The van der Waals surface area contributed by atoms with Crippen LogP contribution in [0.4, 0.5) is 5.95 Å². The van der Waals surface area contributed by atoms with Crippen LogP contribution in [-0.2, 0) is 4.79 Å². The second kappa shape index (κ2) is 7.00. The molecule has 0 aliphatic heterocycles. The van der Waals surface area contributed by atoms with E-state index < -0.39 is 6.04 Å². The van der Waals surface area contributed by atoms with Crippen molar-refractivity contribution in [3.63, 3.8) is 0 Å². The van der Waals surface area contributed by atoms with Crippen molar-refractivity contribution in [2.24, 2.45) is 5.73 Å². The van der Waals surface area contributed by atoms with E-state index in [1.165, 1.54) is 19.3 Å². The SMILES string of the molecule is CC(N)C(=O)Nc1nc2cc(C(=O)NC3CCCCC3)ccc2[nH]1. The van der Waals surface area contributed by atoms with Gasteiger partial charge in [-0.25, -0.2) is 4.98 Å². The molecule has 2 aromatic rings. The zero-order valence-electron chi connectivity index (χ0n) is 13.8. The predicted octanol–water partition coefficient (Wildman–Crippen LogP) is 1.91. The molecule has 1 aromatic carbocycles. The lowest BCUT2D eigenvalue weighted by molar-refractivity contribution is -0.117. The Kier molecular flexibility index (Phi) is 4.80. The first kappa shape index (κ1) is 16.4. The maximum atomic E-state index is 12.4. The van der Waals surface area contributed by atoms with Crippen molar-refractivity contribution in [1.29, 1.82) is 0 Å². The van der Waals surface area contributed by atoms with Crippen LogP contribution >= 0.6 is 0 Å². The maximum Gasteiger partial charge on any atom is 0.251 e. The largest absolute Gasteiger partial charge is 0.349 e. The first-order chi connectivity index (χ1) is 11.5. The van der Waals surface area contributed by atoms with E-state index in [2.05, 4.69) is 20.6 Å². The molecule has 128 valence electrons. The Morgan fingerprint density at radius 1 is 1.29 bits per heavy atom. The molecule has 0 spiro atoms. The van der Waals surface area contributed by atoms with Crippen molar-refractivity contribution >= 4 is 28.8 Å². The normalized spacial score (nSPS) is 16.8. The van der Waals surface area contributed by atoms with Gasteiger partial charge in [-0.1, -0.05) is 19.3 Å². The minimum atomic E-state index is -0.616. The summed E-state index contributed by atoms with van der Waals surface area (Å²) in [6.45, 7) is 1.60. The molecule has 0 bridgehead atoms. The molecule has 1 fully saturated rings. The van der Waals surface area contributed by atoms with Crippen molar-refractivity contribution in [2.45, 2.75) is 51.1 Å². The van der Waals surface area contributed by atoms with Crippen molar-refractivity contribution in [1.82, 2.24) is 15.3 Å². The van der Waals surface area contributed by atoms with Crippen molar-refractivity contribution in [3.05, 3.63) is 23.8 Å². The third-order valence-electron chi connectivity index (χ3n) is 4.34. The zero-order chi connectivity index (χ0) is 17.1. The lowest BCUT2D eigenvalue weighted by atomic mass is 9.95. The van der Waals surface area contributed by atoms with E-state index in [9.17, 15) is 9.59 Å². The third kappa shape index (κ3) is 3.73. The van der Waals surface area contributed by atoms with Crippen molar-refractivity contribution in [3.8, 4) is 0 Å². The van der Waals surface area contributed by atoms with Gasteiger partial charge in [-0.2, -0.15) is 0 Å². The Bertz CT molecular complexity index is 747. The highest BCUT2D eigenvalue weighted by Gasteiger charge is 2.17. The number of fused-ring (bicyclic) bond motifs is 1. The lowest BCUT2D eigenvalue weighted by Crippen LogP contribution is -2.36. The number of nitrogens with zero attached hydrogens (tertiary/aromatic N) is 1. The van der Waals surface area contributed by atoms with E-state index in [1.54, 1.807) is 25.1 Å². The monoisotopic (exact) mass is 329 g/mol. The van der Waals surface area contributed by atoms with Gasteiger partial charge in [0.1, 0.15) is 0 Å². The van der Waals surface area contributed by atoms with Gasteiger partial charge in [0.2, 0.25) is 11.9 Å². The first-order valence-electron chi connectivity index (χ1n) is 8.40. The van der Waals surface area contributed by atoms with Crippen LogP contribution < -0.4 is 16.4 Å². The quantitative estimate of drug-likeness (QED) is 0.686. The number of carbonyl (C=O) groups excluding carboxylic acids is 2. The molecular weight excluding hydrogens is 306 g/mol. The highest BCUT2D eigenvalue weighted by Crippen LogP contribution is 2.19. The summed E-state index contributed by atoms with van der Waals surface area (Å²) in [4.78, 5) is 31.3. The highest BCUT2D eigenvalue weighted by molar-refractivity contribution is 5.98. The second-order valence-corrected chi connectivity index (χ2v) is 6.40. The summed E-state index contributed by atoms with van der Waals surface area (Å²) in [6.07, 6.45) is 5.69. The van der Waals surface area contributed by atoms with Gasteiger partial charge in [-0.3, -0.25) is 14.9 Å². The summed E-state index contributed by atoms with van der Waals surface area (Å²) in [5.74, 6) is -0.0607. The van der Waals surface area contributed by atoms with Gasteiger partial charge in [0.25, 0.3) is 5.91 Å². The summed E-state index contributed by atoms with van der Waals surface area (Å²) in [5.41, 5.74) is 7.48. The molecule has 1 atom stereocenters. The van der Waals surface area contributed by atoms with Crippen LogP contribution in [-0.4, -0.2) is 33.9 Å². The molecule has 1 heterocycles. The number of nitrogens with one attached hydrogen (secondary N) is 3. The zero-order valence-corrected chi connectivity index (χ0v) is 13.8. The molecule has 1 unspecified atom stereocenters. The molecule has 1 aliphatic carbocycles. The number of aromatic amines is 1. The molecule has 1 aromatic heterocycles. The number of hydrogen-bond donors (Lipinski definition) is 4. The van der Waals surface area contributed by atoms with Crippen molar-refractivity contribution in [2.75, 3.05) is 5.32 Å². The van der Waals surface area contributed by atoms with Gasteiger partial charge in [-0.05, 0) is 38.0 Å². The van der Waals surface area contributed by atoms with E-state index in [4.69, 9.17) is 5.73 Å². The van der Waals surface area contributed by atoms with E-state index in [0.717, 1.165) is 18.4 Å². The molecule has 24 heavy (non-hydrogen) atoms. The number of nitrogens with two attached hydrogens (primary N) is 1. The minimum Gasteiger partial charge on any atom is -0.349 e. The molecule has 1 saturated carbocycles. The van der Waals surface area contributed by atoms with Crippen LogP contribution in [0.3, 0.4) is 0 Å². The van der Waals surface area contributed by atoms with Gasteiger partial charge in [0.15, 0.2) is 0 Å². The minimum absolute atomic E-state index is 0.0760. The van der Waals surface area contributed by atoms with E-state index in [1.807, 2.05) is 0 Å². The van der Waals surface area contributed by atoms with Crippen molar-refractivity contribution < 1.29 is 9.59 Å². The Hall–Kier alpha value is -2.41. The van der Waals surface area contributed by atoms with Crippen LogP contribution in [0.15, 0.2) is 18.2 Å². The summed E-state index contributed by atoms with van der Waals surface area (Å²) < 4.78 is 0. The molecule has 3 rings (SSSR count). The van der Waals surface area contributed by atoms with E-state index in [-0.39, 0.29) is 17.9 Å². The topological polar surface area (TPSA) is 113 Å². The summed E-state index contributed by atoms with van der Waals surface area (Å²) in [6, 6.07) is 4.93. The Morgan fingerprint density at radius 3 is 2.75 bits per heavy atom. The smallest absolute Gasteiger partial charge is 0.251 e. The highest BCUT2D eigenvalue weighted by atomic mass is 16.2. The van der Waals surface area contributed by atoms with Crippen LogP contribution in [0.25, 0.3) is 11.0 Å². The van der Waals surface area contributed by atoms with E-state index in [0.29, 0.717) is 17.0 Å². The van der Waals surface area contributed by atoms with Crippen LogP contribution in [0.1, 0.15) is 49.4 Å². The Balaban J connectivity index is 1.73. The summed E-state index contributed by atoms with van der Waals surface area (Å²) >= 11 is 0. The number of benzene rings is 1. The number of anilines is 1. The maximum absolute atomic E-state index is 12.4. The fraction of sp³-hybridized carbons (Fsp3) is 0.471.